The molecule has 0 saturated carbocycles. The van der Waals surface area contributed by atoms with Crippen molar-refractivity contribution in [3.8, 4) is 0 Å². The molecule has 0 fully saturated rings. The molecule has 5 heavy (non-hydrogen) atoms. The molecule has 3 heteroatoms. The Morgan fingerprint density at radius 3 is 1.20 bits per heavy atom. The van der Waals surface area contributed by atoms with Crippen LogP contribution in [0.5, 0.6) is 0 Å². The van der Waals surface area contributed by atoms with Gasteiger partial charge in [0.1, 0.15) is 0 Å². The lowest BCUT2D eigenvalue weighted by Crippen LogP contribution is -1.63. The van der Waals surface area contributed by atoms with Gasteiger partial charge in [0.15, 0.2) is 0 Å². The standard InChI is InChI=1S/C2H4Cl2.Mg/c3-1-2-4;/h1-2H2;. The predicted molar refractivity (Wildman–Crippen MR) is 27.2 cm³/mol. The van der Waals surface area contributed by atoms with E-state index in [1.807, 2.05) is 0 Å². The summed E-state index contributed by atoms with van der Waals surface area (Å²) in [5.41, 5.74) is 0. The molecule has 0 aliphatic heterocycles. The fourth-order valence-corrected chi connectivity index (χ4v) is 0. The van der Waals surface area contributed by atoms with Crippen molar-refractivity contribution in [3.05, 3.63) is 0 Å². The van der Waals surface area contributed by atoms with Crippen LogP contribution in [-0.4, -0.2) is 34.8 Å². The van der Waals surface area contributed by atoms with E-state index in [0.717, 1.165) is 0 Å². The molecule has 0 aromatic heterocycles. The van der Waals surface area contributed by atoms with E-state index >= 15 is 0 Å². The molecule has 0 N–H and O–H groups in total. The van der Waals surface area contributed by atoms with Crippen LogP contribution >= 0.6 is 23.2 Å². The summed E-state index contributed by atoms with van der Waals surface area (Å²) < 4.78 is 0. The second-order valence-corrected chi connectivity index (χ2v) is 1.13. The van der Waals surface area contributed by atoms with Gasteiger partial charge in [-0.25, -0.2) is 0 Å². The summed E-state index contributed by atoms with van der Waals surface area (Å²) in [5.74, 6) is 1.11. The SMILES string of the molecule is ClCCCl.[Mg]. The zero-order valence-electron chi connectivity index (χ0n) is 2.88. The second-order valence-electron chi connectivity index (χ2n) is 0.378. The van der Waals surface area contributed by atoms with E-state index in [4.69, 9.17) is 23.2 Å². The Hall–Kier alpha value is 1.35. The van der Waals surface area contributed by atoms with Gasteiger partial charge in [-0.2, -0.15) is 0 Å². The summed E-state index contributed by atoms with van der Waals surface area (Å²) in [6.07, 6.45) is 0. The van der Waals surface area contributed by atoms with Crippen molar-refractivity contribution in [2.45, 2.75) is 0 Å². The van der Waals surface area contributed by atoms with Gasteiger partial charge >= 0.3 is 0 Å². The Morgan fingerprint density at radius 2 is 1.20 bits per heavy atom. The number of halogens is 2. The topological polar surface area (TPSA) is 0 Å². The third kappa shape index (κ3) is 10.9. The van der Waals surface area contributed by atoms with Crippen LogP contribution in [0.2, 0.25) is 0 Å². The highest BCUT2D eigenvalue weighted by Gasteiger charge is 1.61. The second kappa shape index (κ2) is 9.02. The van der Waals surface area contributed by atoms with Crippen molar-refractivity contribution in [2.24, 2.45) is 0 Å². The Labute approximate surface area is 58.0 Å². The molecule has 28 valence electrons. The van der Waals surface area contributed by atoms with E-state index in [1.165, 1.54) is 0 Å². The van der Waals surface area contributed by atoms with Crippen molar-refractivity contribution in [2.75, 3.05) is 11.8 Å². The van der Waals surface area contributed by atoms with Crippen LogP contribution in [0, 0.1) is 0 Å². The lowest BCUT2D eigenvalue weighted by atomic mass is 11.0. The molecular weight excluding hydrogens is 119 g/mol. The maximum atomic E-state index is 5.05. The van der Waals surface area contributed by atoms with E-state index < -0.39 is 0 Å². The van der Waals surface area contributed by atoms with E-state index in [2.05, 4.69) is 0 Å². The van der Waals surface area contributed by atoms with Crippen molar-refractivity contribution >= 4 is 46.3 Å². The van der Waals surface area contributed by atoms with Gasteiger partial charge in [-0.05, 0) is 0 Å². The van der Waals surface area contributed by atoms with Crippen LogP contribution < -0.4 is 0 Å². The van der Waals surface area contributed by atoms with Gasteiger partial charge in [-0.1, -0.05) is 0 Å². The Bertz CT molecular complexity index is 9.61. The normalized spacial score (nSPS) is 6.00. The van der Waals surface area contributed by atoms with Gasteiger partial charge < -0.3 is 0 Å². The number of rotatable bonds is 1. The average Bonchev–Trinajstić information content (AvgIpc) is 1.37. The van der Waals surface area contributed by atoms with Gasteiger partial charge in [0.2, 0.25) is 0 Å². The zero-order valence-corrected chi connectivity index (χ0v) is 5.80. The largest absolute Gasteiger partial charge is 0.125 e. The molecule has 0 unspecified atom stereocenters. The van der Waals surface area contributed by atoms with Crippen LogP contribution in [0.15, 0.2) is 0 Å². The van der Waals surface area contributed by atoms with E-state index in [0.29, 0.717) is 11.8 Å². The first-order valence-electron chi connectivity index (χ1n) is 1.03. The van der Waals surface area contributed by atoms with Crippen molar-refractivity contribution in [1.82, 2.24) is 0 Å². The molecule has 0 bridgehead atoms. The molecule has 0 aromatic rings. The summed E-state index contributed by atoms with van der Waals surface area (Å²) in [6.45, 7) is 0. The Balaban J connectivity index is 0. The Morgan fingerprint density at radius 1 is 1.00 bits per heavy atom. The van der Waals surface area contributed by atoms with Crippen LogP contribution in [-0.2, 0) is 0 Å². The smallest absolute Gasteiger partial charge is 0.0359 e. The van der Waals surface area contributed by atoms with E-state index in [9.17, 15) is 0 Å². The lowest BCUT2D eigenvalue weighted by Gasteiger charge is -1.63. The minimum Gasteiger partial charge on any atom is -0.125 e. The molecule has 0 aromatic carbocycles. The summed E-state index contributed by atoms with van der Waals surface area (Å²) in [6, 6.07) is 0. The molecule has 0 rings (SSSR count). The molecule has 0 saturated heterocycles. The fourth-order valence-electron chi connectivity index (χ4n) is 0. The van der Waals surface area contributed by atoms with E-state index in [1.54, 1.807) is 0 Å². The van der Waals surface area contributed by atoms with Crippen LogP contribution in [0.3, 0.4) is 0 Å². The highest BCUT2D eigenvalue weighted by molar-refractivity contribution is 6.25. The van der Waals surface area contributed by atoms with Gasteiger partial charge in [0.25, 0.3) is 0 Å². The monoisotopic (exact) mass is 122 g/mol. The van der Waals surface area contributed by atoms with Gasteiger partial charge in [-0.3, -0.25) is 0 Å². The van der Waals surface area contributed by atoms with Crippen molar-refractivity contribution < 1.29 is 0 Å². The minimum atomic E-state index is 0. The first-order chi connectivity index (χ1) is 1.91. The third-order valence-corrected chi connectivity index (χ3v) is 0.643. The summed E-state index contributed by atoms with van der Waals surface area (Å²) in [4.78, 5) is 0. The van der Waals surface area contributed by atoms with Gasteiger partial charge in [0, 0.05) is 34.8 Å². The first kappa shape index (κ1) is 9.60. The van der Waals surface area contributed by atoms with Crippen molar-refractivity contribution in [3.63, 3.8) is 0 Å². The third-order valence-electron chi connectivity index (χ3n) is 0.0714. The molecule has 0 spiro atoms. The molecule has 0 nitrogen and oxygen atoms in total. The highest BCUT2D eigenvalue weighted by atomic mass is 35.5. The predicted octanol–water partition coefficient (Wildman–Crippen LogP) is 1.08. The average molecular weight is 123 g/mol. The quantitative estimate of drug-likeness (QED) is 0.361. The minimum absolute atomic E-state index is 0. The summed E-state index contributed by atoms with van der Waals surface area (Å²) in [5, 5.41) is 0. The number of hydrogen-bond acceptors (Lipinski definition) is 0. The lowest BCUT2D eigenvalue weighted by molar-refractivity contribution is 1.52. The molecule has 2 radical (unpaired) electrons. The van der Waals surface area contributed by atoms with Crippen molar-refractivity contribution in [1.29, 1.82) is 0 Å². The maximum absolute atomic E-state index is 5.05. The van der Waals surface area contributed by atoms with Crippen LogP contribution in [0.1, 0.15) is 0 Å². The number of hydrogen-bond donors (Lipinski definition) is 0. The molecule has 0 aliphatic carbocycles. The van der Waals surface area contributed by atoms with Gasteiger partial charge in [0.05, 0.1) is 0 Å². The maximum Gasteiger partial charge on any atom is 0.0359 e. The molecule has 0 aliphatic rings. The molecule has 0 heterocycles. The molecule has 0 atom stereocenters. The highest BCUT2D eigenvalue weighted by Crippen LogP contribution is 1.75. The summed E-state index contributed by atoms with van der Waals surface area (Å²) >= 11 is 10.1. The fraction of sp³-hybridized carbons (Fsp3) is 1.00. The first-order valence-corrected chi connectivity index (χ1v) is 2.10. The van der Waals surface area contributed by atoms with Crippen LogP contribution in [0.4, 0.5) is 0 Å². The van der Waals surface area contributed by atoms with Gasteiger partial charge in [-0.15, -0.1) is 23.2 Å². The molecule has 0 amide bonds. The zero-order chi connectivity index (χ0) is 3.41. The number of alkyl halides is 2. The Kier molecular flexibility index (Phi) is 17.3. The van der Waals surface area contributed by atoms with Crippen LogP contribution in [0.25, 0.3) is 0 Å². The van der Waals surface area contributed by atoms with E-state index in [-0.39, 0.29) is 23.1 Å². The molecular formula is C2H4Cl2Mg. The summed E-state index contributed by atoms with van der Waals surface area (Å²) in [7, 11) is 0.